The van der Waals surface area contributed by atoms with Gasteiger partial charge in [0.25, 0.3) is 0 Å². The summed E-state index contributed by atoms with van der Waals surface area (Å²) in [5.41, 5.74) is 11.0. The van der Waals surface area contributed by atoms with Crippen LogP contribution < -0.4 is 11.0 Å². The molecule has 0 unspecified atom stereocenters. The van der Waals surface area contributed by atoms with E-state index in [1.807, 2.05) is 36.4 Å². The largest absolute Gasteiger partial charge is 0.493 e. The van der Waals surface area contributed by atoms with Crippen LogP contribution in [-0.4, -0.2) is 20.8 Å². The Morgan fingerprint density at radius 1 is 1.31 bits per heavy atom. The van der Waals surface area contributed by atoms with E-state index in [2.05, 4.69) is 10.4 Å². The van der Waals surface area contributed by atoms with E-state index in [1.54, 1.807) is 0 Å². The first kappa shape index (κ1) is 19.3. The number of benzene rings is 2. The van der Waals surface area contributed by atoms with Crippen molar-refractivity contribution in [2.75, 3.05) is 11.9 Å². The summed E-state index contributed by atoms with van der Waals surface area (Å²) >= 11 is 6.60. The number of hydrogen-bond acceptors (Lipinski definition) is 5. The van der Waals surface area contributed by atoms with Crippen molar-refractivity contribution in [2.24, 2.45) is 18.1 Å². The average molecular weight is 412 g/mol. The van der Waals surface area contributed by atoms with E-state index in [0.717, 1.165) is 28.9 Å². The minimum Gasteiger partial charge on any atom is -0.493 e. The minimum atomic E-state index is -0.285. The summed E-state index contributed by atoms with van der Waals surface area (Å²) < 4.78 is 2.64. The Labute approximate surface area is 173 Å². The van der Waals surface area contributed by atoms with E-state index in [1.165, 1.54) is 35.2 Å². The molecule has 1 aliphatic rings. The number of nitrogens with zero attached hydrogens (tertiary/aromatic N) is 3. The molecule has 0 amide bonds. The zero-order valence-electron chi connectivity index (χ0n) is 16.0. The summed E-state index contributed by atoms with van der Waals surface area (Å²) in [5, 5.41) is 17.1. The molecule has 1 aliphatic carbocycles. The van der Waals surface area contributed by atoms with Crippen LogP contribution in [-0.2, 0) is 13.6 Å². The van der Waals surface area contributed by atoms with Crippen LogP contribution in [0.3, 0.4) is 0 Å². The molecule has 29 heavy (non-hydrogen) atoms. The third kappa shape index (κ3) is 3.91. The number of hydrogen-bond donors (Lipinski definition) is 3. The second-order valence-corrected chi connectivity index (χ2v) is 7.79. The molecule has 1 saturated carbocycles. The van der Waals surface area contributed by atoms with Crippen molar-refractivity contribution >= 4 is 23.0 Å². The maximum Gasteiger partial charge on any atom is 0.331 e. The van der Waals surface area contributed by atoms with Gasteiger partial charge in [-0.05, 0) is 42.0 Å². The highest BCUT2D eigenvalue weighted by molar-refractivity contribution is 6.36. The molecule has 0 aliphatic heterocycles. The second kappa shape index (κ2) is 7.75. The standard InChI is InChI=1S/C21H22ClN5O2/c1-26-18(28)12-27(21(26)29)11-14-3-2-4-15(9-14)16-7-8-17(20(25-23)19(16)22)24-10-13-5-6-13/h2-4,7-9,12-13,23-24,28H,5-6,10-11H2,1H3. The van der Waals surface area contributed by atoms with E-state index < -0.39 is 0 Å². The summed E-state index contributed by atoms with van der Waals surface area (Å²) in [6, 6.07) is 11.5. The van der Waals surface area contributed by atoms with E-state index in [9.17, 15) is 9.90 Å². The molecule has 0 bridgehead atoms. The smallest absolute Gasteiger partial charge is 0.331 e. The number of anilines is 1. The third-order valence-electron chi connectivity index (χ3n) is 5.24. The molecule has 8 heteroatoms. The molecule has 1 aromatic heterocycles. The maximum atomic E-state index is 12.1. The van der Waals surface area contributed by atoms with Gasteiger partial charge in [-0.1, -0.05) is 35.9 Å². The van der Waals surface area contributed by atoms with Crippen LogP contribution in [0.4, 0.5) is 11.4 Å². The van der Waals surface area contributed by atoms with Gasteiger partial charge in [-0.25, -0.2) is 10.3 Å². The third-order valence-corrected chi connectivity index (χ3v) is 5.63. The summed E-state index contributed by atoms with van der Waals surface area (Å²) in [6.45, 7) is 1.20. The molecule has 3 aromatic rings. The van der Waals surface area contributed by atoms with Crippen LogP contribution in [0.2, 0.25) is 5.02 Å². The van der Waals surface area contributed by atoms with Crippen LogP contribution in [0.15, 0.2) is 52.5 Å². The van der Waals surface area contributed by atoms with Gasteiger partial charge in [-0.2, -0.15) is 5.11 Å². The number of rotatable bonds is 7. The van der Waals surface area contributed by atoms with Crippen molar-refractivity contribution in [1.29, 1.82) is 5.53 Å². The predicted octanol–water partition coefficient (Wildman–Crippen LogP) is 4.75. The van der Waals surface area contributed by atoms with Gasteiger partial charge in [0.05, 0.1) is 23.5 Å². The Balaban J connectivity index is 1.64. The van der Waals surface area contributed by atoms with Crippen LogP contribution in [0.1, 0.15) is 18.4 Å². The normalized spacial score (nSPS) is 13.4. The molecule has 0 spiro atoms. The quantitative estimate of drug-likeness (QED) is 0.490. The van der Waals surface area contributed by atoms with Crippen molar-refractivity contribution in [3.8, 4) is 17.0 Å². The van der Waals surface area contributed by atoms with Gasteiger partial charge in [0.1, 0.15) is 5.69 Å². The predicted molar refractivity (Wildman–Crippen MR) is 113 cm³/mol. The maximum absolute atomic E-state index is 12.1. The zero-order chi connectivity index (χ0) is 20.5. The van der Waals surface area contributed by atoms with E-state index in [0.29, 0.717) is 23.2 Å². The average Bonchev–Trinajstić information content (AvgIpc) is 3.51. The van der Waals surface area contributed by atoms with Crippen molar-refractivity contribution in [3.63, 3.8) is 0 Å². The van der Waals surface area contributed by atoms with Crippen molar-refractivity contribution in [3.05, 3.63) is 63.7 Å². The monoisotopic (exact) mass is 411 g/mol. The SMILES string of the molecule is Cn1c(O)cn(Cc2cccc(-c3ccc(NCC4CC4)c(N=N)c3Cl)c2)c1=O. The molecule has 150 valence electrons. The Hall–Kier alpha value is -3.06. The summed E-state index contributed by atoms with van der Waals surface area (Å²) in [6.07, 6.45) is 3.89. The van der Waals surface area contributed by atoms with Crippen molar-refractivity contribution in [1.82, 2.24) is 9.13 Å². The molecular weight excluding hydrogens is 390 g/mol. The molecule has 1 heterocycles. The van der Waals surface area contributed by atoms with Crippen LogP contribution in [0, 0.1) is 11.4 Å². The van der Waals surface area contributed by atoms with Crippen LogP contribution >= 0.6 is 11.6 Å². The number of halogens is 1. The molecule has 7 nitrogen and oxygen atoms in total. The Kier molecular flexibility index (Phi) is 5.15. The van der Waals surface area contributed by atoms with Gasteiger partial charge >= 0.3 is 5.69 Å². The lowest BCUT2D eigenvalue weighted by atomic mass is 10.0. The highest BCUT2D eigenvalue weighted by Crippen LogP contribution is 2.41. The lowest BCUT2D eigenvalue weighted by molar-refractivity contribution is 0.429. The first-order chi connectivity index (χ1) is 14.0. The fourth-order valence-electron chi connectivity index (χ4n) is 3.33. The highest BCUT2D eigenvalue weighted by atomic mass is 35.5. The van der Waals surface area contributed by atoms with Gasteiger partial charge in [0.15, 0.2) is 0 Å². The van der Waals surface area contributed by atoms with E-state index >= 15 is 0 Å². The number of nitrogens with one attached hydrogen (secondary N) is 2. The summed E-state index contributed by atoms with van der Waals surface area (Å²) in [7, 11) is 1.52. The Morgan fingerprint density at radius 2 is 2.10 bits per heavy atom. The number of aromatic nitrogens is 2. The van der Waals surface area contributed by atoms with E-state index in [-0.39, 0.29) is 11.6 Å². The molecule has 4 rings (SSSR count). The summed E-state index contributed by atoms with van der Waals surface area (Å²) in [5.74, 6) is 0.620. The van der Waals surface area contributed by atoms with Gasteiger partial charge in [0, 0.05) is 19.2 Å². The highest BCUT2D eigenvalue weighted by Gasteiger charge is 2.22. The lowest BCUT2D eigenvalue weighted by Gasteiger charge is -2.13. The zero-order valence-corrected chi connectivity index (χ0v) is 16.8. The fraction of sp³-hybridized carbons (Fsp3) is 0.286. The van der Waals surface area contributed by atoms with Crippen LogP contribution in [0.5, 0.6) is 5.88 Å². The number of imidazole rings is 1. The van der Waals surface area contributed by atoms with Gasteiger partial charge in [-0.15, -0.1) is 0 Å². The first-order valence-corrected chi connectivity index (χ1v) is 9.84. The number of aromatic hydroxyl groups is 1. The minimum absolute atomic E-state index is 0.0785. The molecule has 0 saturated heterocycles. The van der Waals surface area contributed by atoms with Crippen molar-refractivity contribution < 1.29 is 5.11 Å². The summed E-state index contributed by atoms with van der Waals surface area (Å²) in [4.78, 5) is 12.1. The van der Waals surface area contributed by atoms with Gasteiger partial charge < -0.3 is 10.4 Å². The van der Waals surface area contributed by atoms with Crippen molar-refractivity contribution in [2.45, 2.75) is 19.4 Å². The molecular formula is C21H22ClN5O2. The van der Waals surface area contributed by atoms with Crippen LogP contribution in [0.25, 0.3) is 11.1 Å². The second-order valence-electron chi connectivity index (χ2n) is 7.42. The Morgan fingerprint density at radius 3 is 2.76 bits per heavy atom. The lowest BCUT2D eigenvalue weighted by Crippen LogP contribution is -2.22. The fourth-order valence-corrected chi connectivity index (χ4v) is 3.65. The molecule has 1 fully saturated rings. The first-order valence-electron chi connectivity index (χ1n) is 9.46. The Bertz CT molecular complexity index is 1130. The molecule has 2 aromatic carbocycles. The topological polar surface area (TPSA) is 95.4 Å². The molecule has 0 radical (unpaired) electrons. The van der Waals surface area contributed by atoms with E-state index in [4.69, 9.17) is 17.1 Å². The molecule has 3 N–H and O–H groups in total. The van der Waals surface area contributed by atoms with Gasteiger partial charge in [0.2, 0.25) is 5.88 Å². The molecule has 0 atom stereocenters. The van der Waals surface area contributed by atoms with Gasteiger partial charge in [-0.3, -0.25) is 9.13 Å².